The van der Waals surface area contributed by atoms with Crippen LogP contribution in [0.5, 0.6) is 0 Å². The summed E-state index contributed by atoms with van der Waals surface area (Å²) in [5.41, 5.74) is 0.985. The van der Waals surface area contributed by atoms with Crippen LogP contribution in [0.4, 0.5) is 0 Å². The normalized spacial score (nSPS) is 22.3. The van der Waals surface area contributed by atoms with Crippen molar-refractivity contribution in [1.29, 1.82) is 0 Å². The molecule has 0 amide bonds. The molecule has 0 unspecified atom stereocenters. The van der Waals surface area contributed by atoms with Gasteiger partial charge in [0.2, 0.25) is 0 Å². The lowest BCUT2D eigenvalue weighted by molar-refractivity contribution is 0.457. The van der Waals surface area contributed by atoms with Crippen LogP contribution in [-0.2, 0) is 6.54 Å². The third-order valence-corrected chi connectivity index (χ3v) is 6.57. The number of hydrogen-bond donors (Lipinski definition) is 1. The largest absolute Gasteiger partial charge is 0.311 e. The first-order chi connectivity index (χ1) is 7.37. The van der Waals surface area contributed by atoms with Gasteiger partial charge >= 0.3 is 0 Å². The van der Waals surface area contributed by atoms with Crippen LogP contribution in [0.25, 0.3) is 0 Å². The summed E-state index contributed by atoms with van der Waals surface area (Å²) >= 11 is 5.38. The molecule has 0 spiro atoms. The highest BCUT2D eigenvalue weighted by atomic mass is 79.9. The Labute approximate surface area is 111 Å². The SMILES string of the molecule is CC1(C)C(CNCc2sccc2Br)C1(C)C. The van der Waals surface area contributed by atoms with Gasteiger partial charge in [0.1, 0.15) is 0 Å². The first kappa shape index (κ1) is 12.6. The van der Waals surface area contributed by atoms with Gasteiger partial charge in [-0.2, -0.15) is 0 Å². The third-order valence-electron chi connectivity index (χ3n) is 4.64. The number of nitrogens with one attached hydrogen (secondary N) is 1. The summed E-state index contributed by atoms with van der Waals surface area (Å²) in [6.45, 7) is 11.6. The highest BCUT2D eigenvalue weighted by Gasteiger charge is 2.63. The molecule has 1 N–H and O–H groups in total. The van der Waals surface area contributed by atoms with Crippen molar-refractivity contribution in [2.45, 2.75) is 34.2 Å². The molecule has 90 valence electrons. The predicted octanol–water partition coefficient (Wildman–Crippen LogP) is 4.28. The standard InChI is InChI=1S/C13H20BrNS/c1-12(2)11(13(12,3)4)8-15-7-10-9(14)5-6-16-10/h5-6,11,15H,7-8H2,1-4H3. The topological polar surface area (TPSA) is 12.0 Å². The average molecular weight is 302 g/mol. The molecule has 1 aliphatic carbocycles. The van der Waals surface area contributed by atoms with E-state index in [0.717, 1.165) is 19.0 Å². The number of rotatable bonds is 4. The van der Waals surface area contributed by atoms with Crippen molar-refractivity contribution < 1.29 is 0 Å². The van der Waals surface area contributed by atoms with Gasteiger partial charge in [-0.3, -0.25) is 0 Å². The van der Waals surface area contributed by atoms with Crippen LogP contribution >= 0.6 is 27.3 Å². The monoisotopic (exact) mass is 301 g/mol. The van der Waals surface area contributed by atoms with Gasteiger partial charge in [0.25, 0.3) is 0 Å². The van der Waals surface area contributed by atoms with Crippen LogP contribution in [0.3, 0.4) is 0 Å². The molecule has 2 rings (SSSR count). The number of thiophene rings is 1. The van der Waals surface area contributed by atoms with Gasteiger partial charge in [-0.05, 0) is 50.7 Å². The molecule has 1 fully saturated rings. The molecule has 1 saturated carbocycles. The number of hydrogen-bond acceptors (Lipinski definition) is 2. The second-order valence-electron chi connectivity index (χ2n) is 5.82. The molecule has 0 aliphatic heterocycles. The summed E-state index contributed by atoms with van der Waals surface area (Å²) in [5.74, 6) is 0.804. The van der Waals surface area contributed by atoms with E-state index in [1.165, 1.54) is 9.35 Å². The lowest BCUT2D eigenvalue weighted by atomic mass is 10.0. The zero-order valence-electron chi connectivity index (χ0n) is 10.4. The van der Waals surface area contributed by atoms with Crippen LogP contribution < -0.4 is 5.32 Å². The van der Waals surface area contributed by atoms with Gasteiger partial charge < -0.3 is 5.32 Å². The Kier molecular flexibility index (Phi) is 3.23. The molecule has 3 heteroatoms. The molecule has 0 atom stereocenters. The van der Waals surface area contributed by atoms with Crippen molar-refractivity contribution in [3.8, 4) is 0 Å². The van der Waals surface area contributed by atoms with Gasteiger partial charge in [0, 0.05) is 15.9 Å². The summed E-state index contributed by atoms with van der Waals surface area (Å²) in [5, 5.41) is 5.71. The van der Waals surface area contributed by atoms with Crippen molar-refractivity contribution in [3.05, 3.63) is 20.8 Å². The lowest BCUT2D eigenvalue weighted by Crippen LogP contribution is -2.18. The first-order valence-corrected chi connectivity index (χ1v) is 7.47. The molecule has 1 aliphatic rings. The molecule has 0 saturated heterocycles. The fourth-order valence-electron chi connectivity index (χ4n) is 2.62. The molecule has 1 aromatic heterocycles. The second kappa shape index (κ2) is 4.11. The summed E-state index contributed by atoms with van der Waals surface area (Å²) in [6, 6.07) is 2.12. The van der Waals surface area contributed by atoms with E-state index in [-0.39, 0.29) is 0 Å². The summed E-state index contributed by atoms with van der Waals surface area (Å²) < 4.78 is 1.24. The minimum atomic E-state index is 0.493. The Hall–Kier alpha value is 0.140. The zero-order chi connectivity index (χ0) is 12.0. The molecule has 0 aromatic carbocycles. The Morgan fingerprint density at radius 2 is 1.94 bits per heavy atom. The minimum absolute atomic E-state index is 0.493. The smallest absolute Gasteiger partial charge is 0.0327 e. The summed E-state index contributed by atoms with van der Waals surface area (Å²) in [7, 11) is 0. The summed E-state index contributed by atoms with van der Waals surface area (Å²) in [4.78, 5) is 1.40. The van der Waals surface area contributed by atoms with E-state index >= 15 is 0 Å². The van der Waals surface area contributed by atoms with Crippen molar-refractivity contribution in [3.63, 3.8) is 0 Å². The van der Waals surface area contributed by atoms with E-state index in [4.69, 9.17) is 0 Å². The highest BCUT2D eigenvalue weighted by Crippen LogP contribution is 2.67. The predicted molar refractivity (Wildman–Crippen MR) is 74.8 cm³/mol. The quantitative estimate of drug-likeness (QED) is 0.875. The van der Waals surface area contributed by atoms with Crippen molar-refractivity contribution in [2.75, 3.05) is 6.54 Å². The van der Waals surface area contributed by atoms with Gasteiger partial charge in [-0.1, -0.05) is 27.7 Å². The van der Waals surface area contributed by atoms with Crippen LogP contribution in [-0.4, -0.2) is 6.54 Å². The maximum atomic E-state index is 3.58. The third kappa shape index (κ3) is 1.98. The lowest BCUT2D eigenvalue weighted by Gasteiger charge is -2.05. The molecular formula is C13H20BrNS. The molecule has 1 aromatic rings. The van der Waals surface area contributed by atoms with Crippen LogP contribution in [0.15, 0.2) is 15.9 Å². The van der Waals surface area contributed by atoms with Crippen LogP contribution in [0, 0.1) is 16.7 Å². The van der Waals surface area contributed by atoms with E-state index in [1.807, 2.05) is 11.3 Å². The molecule has 0 bridgehead atoms. The average Bonchev–Trinajstić information content (AvgIpc) is 2.52. The van der Waals surface area contributed by atoms with E-state index < -0.39 is 0 Å². The van der Waals surface area contributed by atoms with Crippen LogP contribution in [0.1, 0.15) is 32.6 Å². The fraction of sp³-hybridized carbons (Fsp3) is 0.692. The van der Waals surface area contributed by atoms with Crippen molar-refractivity contribution >= 4 is 27.3 Å². The Balaban J connectivity index is 1.81. The zero-order valence-corrected chi connectivity index (χ0v) is 12.8. The number of halogens is 1. The van der Waals surface area contributed by atoms with E-state index in [2.05, 4.69) is 60.4 Å². The van der Waals surface area contributed by atoms with Crippen LogP contribution in [0.2, 0.25) is 0 Å². The van der Waals surface area contributed by atoms with Crippen molar-refractivity contribution in [1.82, 2.24) is 5.32 Å². The molecule has 0 radical (unpaired) electrons. The van der Waals surface area contributed by atoms with Gasteiger partial charge in [-0.25, -0.2) is 0 Å². The Bertz CT molecular complexity index is 367. The molecular weight excluding hydrogens is 282 g/mol. The fourth-order valence-corrected chi connectivity index (χ4v) is 4.09. The molecule has 1 heterocycles. The van der Waals surface area contributed by atoms with E-state index in [0.29, 0.717) is 10.8 Å². The maximum absolute atomic E-state index is 3.58. The summed E-state index contributed by atoms with van der Waals surface area (Å²) in [6.07, 6.45) is 0. The molecule has 16 heavy (non-hydrogen) atoms. The van der Waals surface area contributed by atoms with Gasteiger partial charge in [0.15, 0.2) is 0 Å². The second-order valence-corrected chi connectivity index (χ2v) is 7.67. The van der Waals surface area contributed by atoms with Gasteiger partial charge in [0.05, 0.1) is 0 Å². The van der Waals surface area contributed by atoms with E-state index in [9.17, 15) is 0 Å². The molecule has 1 nitrogen and oxygen atoms in total. The van der Waals surface area contributed by atoms with Gasteiger partial charge in [-0.15, -0.1) is 11.3 Å². The highest BCUT2D eigenvalue weighted by molar-refractivity contribution is 9.10. The maximum Gasteiger partial charge on any atom is 0.0327 e. The first-order valence-electron chi connectivity index (χ1n) is 5.80. The minimum Gasteiger partial charge on any atom is -0.311 e. The van der Waals surface area contributed by atoms with E-state index in [1.54, 1.807) is 0 Å². The Morgan fingerprint density at radius 3 is 2.38 bits per heavy atom. The van der Waals surface area contributed by atoms with Crippen molar-refractivity contribution in [2.24, 2.45) is 16.7 Å². The Morgan fingerprint density at radius 1 is 1.31 bits per heavy atom.